The zero-order chi connectivity index (χ0) is 17.8. The first kappa shape index (κ1) is 16.7. The van der Waals surface area contributed by atoms with E-state index in [1.165, 1.54) is 4.90 Å². The zero-order valence-corrected chi connectivity index (χ0v) is 14.1. The van der Waals surface area contributed by atoms with Gasteiger partial charge in [0.2, 0.25) is 0 Å². The second kappa shape index (κ2) is 7.19. The SMILES string of the molecule is C=CCN1C(=O)C(=Cc2cccc(-c3cccnc3)c2)C(=O)NC1=S. The van der Waals surface area contributed by atoms with Crippen molar-refractivity contribution < 1.29 is 9.59 Å². The van der Waals surface area contributed by atoms with E-state index >= 15 is 0 Å². The molecular weight excluding hydrogens is 334 g/mol. The summed E-state index contributed by atoms with van der Waals surface area (Å²) in [4.78, 5) is 30.1. The lowest BCUT2D eigenvalue weighted by Crippen LogP contribution is -2.53. The summed E-state index contributed by atoms with van der Waals surface area (Å²) in [7, 11) is 0. The number of hydrogen-bond acceptors (Lipinski definition) is 4. The van der Waals surface area contributed by atoms with E-state index in [0.29, 0.717) is 0 Å². The molecule has 5 nitrogen and oxygen atoms in total. The molecule has 0 radical (unpaired) electrons. The quantitative estimate of drug-likeness (QED) is 0.399. The van der Waals surface area contributed by atoms with Crippen molar-refractivity contribution in [3.8, 4) is 11.1 Å². The predicted octanol–water partition coefficient (Wildman–Crippen LogP) is 2.56. The Morgan fingerprint density at radius 1 is 1.20 bits per heavy atom. The van der Waals surface area contributed by atoms with Crippen LogP contribution in [0.25, 0.3) is 17.2 Å². The van der Waals surface area contributed by atoms with Crippen LogP contribution in [-0.2, 0) is 9.59 Å². The number of amides is 2. The van der Waals surface area contributed by atoms with Gasteiger partial charge in [0.05, 0.1) is 0 Å². The molecule has 0 spiro atoms. The standard InChI is InChI=1S/C19H15N3O2S/c1-2-9-22-18(24)16(17(23)21-19(22)25)11-13-5-3-6-14(10-13)15-7-4-8-20-12-15/h2-8,10-12H,1,9H2,(H,21,23,25). The molecule has 2 heterocycles. The lowest BCUT2D eigenvalue weighted by molar-refractivity contribution is -0.128. The Morgan fingerprint density at radius 3 is 2.72 bits per heavy atom. The maximum absolute atomic E-state index is 12.5. The van der Waals surface area contributed by atoms with Gasteiger partial charge in [-0.15, -0.1) is 6.58 Å². The van der Waals surface area contributed by atoms with Crippen molar-refractivity contribution in [3.05, 3.63) is 72.6 Å². The molecule has 25 heavy (non-hydrogen) atoms. The van der Waals surface area contributed by atoms with Gasteiger partial charge in [-0.3, -0.25) is 24.8 Å². The van der Waals surface area contributed by atoms with Gasteiger partial charge in [-0.2, -0.15) is 0 Å². The first-order chi connectivity index (χ1) is 12.1. The Hall–Kier alpha value is -3.12. The largest absolute Gasteiger partial charge is 0.298 e. The Balaban J connectivity index is 1.96. The number of carbonyl (C=O) groups excluding carboxylic acids is 2. The topological polar surface area (TPSA) is 62.3 Å². The van der Waals surface area contributed by atoms with E-state index < -0.39 is 11.8 Å². The number of hydrogen-bond donors (Lipinski definition) is 1. The highest BCUT2D eigenvalue weighted by Gasteiger charge is 2.32. The number of pyridine rings is 1. The summed E-state index contributed by atoms with van der Waals surface area (Å²) < 4.78 is 0. The molecule has 1 fully saturated rings. The summed E-state index contributed by atoms with van der Waals surface area (Å²) in [5, 5.41) is 2.63. The van der Waals surface area contributed by atoms with Crippen LogP contribution < -0.4 is 5.32 Å². The van der Waals surface area contributed by atoms with Crippen LogP contribution >= 0.6 is 12.2 Å². The first-order valence-corrected chi connectivity index (χ1v) is 8.01. The maximum atomic E-state index is 12.5. The van der Waals surface area contributed by atoms with Crippen molar-refractivity contribution in [2.75, 3.05) is 6.54 Å². The fraction of sp³-hybridized carbons (Fsp3) is 0.0526. The number of rotatable bonds is 4. The molecule has 1 aliphatic heterocycles. The van der Waals surface area contributed by atoms with Crippen molar-refractivity contribution in [1.29, 1.82) is 0 Å². The molecule has 0 unspecified atom stereocenters. The third-order valence-electron chi connectivity index (χ3n) is 3.69. The molecule has 0 atom stereocenters. The minimum Gasteiger partial charge on any atom is -0.298 e. The van der Waals surface area contributed by atoms with Gasteiger partial charge < -0.3 is 0 Å². The van der Waals surface area contributed by atoms with Crippen LogP contribution in [0.4, 0.5) is 0 Å². The van der Waals surface area contributed by atoms with Crippen LogP contribution in [0.3, 0.4) is 0 Å². The lowest BCUT2D eigenvalue weighted by Gasteiger charge is -2.27. The fourth-order valence-electron chi connectivity index (χ4n) is 2.50. The maximum Gasteiger partial charge on any atom is 0.265 e. The summed E-state index contributed by atoms with van der Waals surface area (Å²) in [5.74, 6) is -0.928. The number of nitrogens with zero attached hydrogens (tertiary/aromatic N) is 2. The molecular formula is C19H15N3O2S. The van der Waals surface area contributed by atoms with Crippen LogP contribution in [0.1, 0.15) is 5.56 Å². The lowest BCUT2D eigenvalue weighted by atomic mass is 10.0. The minimum absolute atomic E-state index is 0.0405. The monoisotopic (exact) mass is 349 g/mol. The molecule has 1 aromatic carbocycles. The fourth-order valence-corrected chi connectivity index (χ4v) is 2.75. The highest BCUT2D eigenvalue weighted by atomic mass is 32.1. The average Bonchev–Trinajstić information content (AvgIpc) is 2.63. The van der Waals surface area contributed by atoms with E-state index in [1.54, 1.807) is 24.5 Å². The zero-order valence-electron chi connectivity index (χ0n) is 13.3. The van der Waals surface area contributed by atoms with Gasteiger partial charge in [0.1, 0.15) is 5.57 Å². The molecule has 0 saturated carbocycles. The summed E-state index contributed by atoms with van der Waals surface area (Å²) in [6, 6.07) is 11.3. The number of thiocarbonyl (C=S) groups is 1. The van der Waals surface area contributed by atoms with Gasteiger partial charge in [0.25, 0.3) is 11.8 Å². The number of aromatic nitrogens is 1. The molecule has 0 bridgehead atoms. The number of carbonyl (C=O) groups is 2. The van der Waals surface area contributed by atoms with Crippen LogP contribution in [0.15, 0.2) is 67.0 Å². The normalized spacial score (nSPS) is 16.1. The van der Waals surface area contributed by atoms with E-state index in [9.17, 15) is 9.59 Å². The molecule has 1 aliphatic rings. The third-order valence-corrected chi connectivity index (χ3v) is 4.01. The van der Waals surface area contributed by atoms with E-state index in [1.807, 2.05) is 36.4 Å². The Kier molecular flexibility index (Phi) is 4.81. The number of nitrogens with one attached hydrogen (secondary N) is 1. The van der Waals surface area contributed by atoms with Crippen LogP contribution in [-0.4, -0.2) is 33.4 Å². The third kappa shape index (κ3) is 3.54. The van der Waals surface area contributed by atoms with Crippen molar-refractivity contribution in [2.45, 2.75) is 0 Å². The predicted molar refractivity (Wildman–Crippen MR) is 100 cm³/mol. The van der Waals surface area contributed by atoms with E-state index in [0.717, 1.165) is 16.7 Å². The van der Waals surface area contributed by atoms with Crippen LogP contribution in [0.5, 0.6) is 0 Å². The Bertz CT molecular complexity index is 891. The summed E-state index contributed by atoms with van der Waals surface area (Å²) in [6.07, 6.45) is 6.59. The smallest absolute Gasteiger partial charge is 0.265 e. The van der Waals surface area contributed by atoms with E-state index in [4.69, 9.17) is 12.2 Å². The highest BCUT2D eigenvalue weighted by molar-refractivity contribution is 7.80. The molecule has 0 aliphatic carbocycles. The van der Waals surface area contributed by atoms with Gasteiger partial charge in [0, 0.05) is 24.5 Å². The molecule has 1 N–H and O–H groups in total. The first-order valence-electron chi connectivity index (χ1n) is 7.60. The molecule has 124 valence electrons. The Morgan fingerprint density at radius 2 is 2.00 bits per heavy atom. The minimum atomic E-state index is -0.498. The van der Waals surface area contributed by atoms with E-state index in [2.05, 4.69) is 16.9 Å². The molecule has 6 heteroatoms. The van der Waals surface area contributed by atoms with Crippen molar-refractivity contribution in [3.63, 3.8) is 0 Å². The van der Waals surface area contributed by atoms with Gasteiger partial charge in [-0.25, -0.2) is 0 Å². The molecule has 2 amide bonds. The molecule has 1 saturated heterocycles. The molecule has 2 aromatic rings. The second-order valence-electron chi connectivity index (χ2n) is 5.39. The van der Waals surface area contributed by atoms with Crippen molar-refractivity contribution in [2.24, 2.45) is 0 Å². The van der Waals surface area contributed by atoms with Crippen LogP contribution in [0, 0.1) is 0 Å². The van der Waals surface area contributed by atoms with Crippen molar-refractivity contribution in [1.82, 2.24) is 15.2 Å². The van der Waals surface area contributed by atoms with E-state index in [-0.39, 0.29) is 17.2 Å². The van der Waals surface area contributed by atoms with Gasteiger partial charge in [0.15, 0.2) is 5.11 Å². The summed E-state index contributed by atoms with van der Waals surface area (Å²) in [5.41, 5.74) is 2.69. The average molecular weight is 349 g/mol. The van der Waals surface area contributed by atoms with Crippen molar-refractivity contribution >= 4 is 35.2 Å². The van der Waals surface area contributed by atoms with Gasteiger partial charge >= 0.3 is 0 Å². The Labute approximate surface area is 150 Å². The van der Waals surface area contributed by atoms with Crippen LogP contribution in [0.2, 0.25) is 0 Å². The summed E-state index contributed by atoms with van der Waals surface area (Å²) >= 11 is 5.04. The molecule has 1 aromatic heterocycles. The number of benzene rings is 1. The second-order valence-corrected chi connectivity index (χ2v) is 5.78. The highest BCUT2D eigenvalue weighted by Crippen LogP contribution is 2.21. The summed E-state index contributed by atoms with van der Waals surface area (Å²) in [6.45, 7) is 3.85. The molecule has 3 rings (SSSR count). The van der Waals surface area contributed by atoms with Gasteiger partial charge in [-0.1, -0.05) is 30.3 Å². The van der Waals surface area contributed by atoms with Gasteiger partial charge in [-0.05, 0) is 41.6 Å².